The number of carbonyl (C=O) groups is 1. The highest BCUT2D eigenvalue weighted by Crippen LogP contribution is 2.14. The normalized spacial score (nSPS) is 42.6. The number of aliphatic hydroxyl groups is 3. The van der Waals surface area contributed by atoms with Crippen LogP contribution in [0.3, 0.4) is 0 Å². The third-order valence-corrected chi connectivity index (χ3v) is 1.95. The van der Waals surface area contributed by atoms with E-state index in [0.29, 0.717) is 0 Å². The van der Waals surface area contributed by atoms with Crippen molar-refractivity contribution in [2.45, 2.75) is 18.4 Å². The van der Waals surface area contributed by atoms with Gasteiger partial charge < -0.3 is 20.4 Å². The molecule has 0 bridgehead atoms. The van der Waals surface area contributed by atoms with Crippen molar-refractivity contribution in [1.29, 1.82) is 0 Å². The summed E-state index contributed by atoms with van der Waals surface area (Å²) in [6.45, 7) is -0.0469. The van der Waals surface area contributed by atoms with E-state index in [1.165, 1.54) is 0 Å². The molecule has 0 unspecified atom stereocenters. The molecule has 0 aromatic carbocycles. The fourth-order valence-corrected chi connectivity index (χ4v) is 1.15. The maximum atomic E-state index is 10.4. The molecule has 1 rings (SSSR count). The van der Waals surface area contributed by atoms with Crippen molar-refractivity contribution in [1.82, 2.24) is 5.32 Å². The number of carboxylic acid groups (broad SMARTS) is 1. The first-order chi connectivity index (χ1) is 5.54. The number of carboxylic acids is 1. The van der Waals surface area contributed by atoms with Crippen LogP contribution in [0.15, 0.2) is 0 Å². The van der Waals surface area contributed by atoms with Crippen LogP contribution in [-0.2, 0) is 4.79 Å². The predicted molar refractivity (Wildman–Crippen MR) is 37.1 cm³/mol. The summed E-state index contributed by atoms with van der Waals surface area (Å²) >= 11 is 0. The first-order valence-corrected chi connectivity index (χ1v) is 3.54. The van der Waals surface area contributed by atoms with Gasteiger partial charge in [0.05, 0.1) is 12.0 Å². The van der Waals surface area contributed by atoms with E-state index in [4.69, 9.17) is 20.4 Å². The van der Waals surface area contributed by atoms with E-state index < -0.39 is 30.3 Å². The highest BCUT2D eigenvalue weighted by atomic mass is 16.4. The van der Waals surface area contributed by atoms with Crippen LogP contribution in [-0.4, -0.2) is 51.4 Å². The standard InChI is InChI=1S/C6H11NO5/c8-3-2(6(11)12)1-7-5(10)4(3)9/h2-5,7-10H,1H2,(H,11,12)/t2-,3-,4-,5+/m0/s1. The van der Waals surface area contributed by atoms with E-state index in [1.807, 2.05) is 0 Å². The van der Waals surface area contributed by atoms with Gasteiger partial charge in [0.2, 0.25) is 0 Å². The van der Waals surface area contributed by atoms with E-state index in [9.17, 15) is 4.79 Å². The number of piperidine rings is 1. The average Bonchev–Trinajstić information content (AvgIpc) is 2.00. The molecule has 70 valence electrons. The van der Waals surface area contributed by atoms with Gasteiger partial charge >= 0.3 is 5.97 Å². The summed E-state index contributed by atoms with van der Waals surface area (Å²) in [6.07, 6.45) is -4.12. The van der Waals surface area contributed by atoms with E-state index in [-0.39, 0.29) is 6.54 Å². The monoisotopic (exact) mass is 177 g/mol. The Bertz CT molecular complexity index is 185. The quantitative estimate of drug-likeness (QED) is 0.299. The van der Waals surface area contributed by atoms with E-state index >= 15 is 0 Å². The molecule has 12 heavy (non-hydrogen) atoms. The van der Waals surface area contributed by atoms with Gasteiger partial charge in [-0.15, -0.1) is 0 Å². The van der Waals surface area contributed by atoms with Crippen molar-refractivity contribution < 1.29 is 25.2 Å². The van der Waals surface area contributed by atoms with E-state index in [0.717, 1.165) is 0 Å². The minimum Gasteiger partial charge on any atom is -0.481 e. The fourth-order valence-electron chi connectivity index (χ4n) is 1.15. The summed E-state index contributed by atoms with van der Waals surface area (Å²) in [6, 6.07) is 0. The zero-order valence-electron chi connectivity index (χ0n) is 6.21. The molecule has 1 fully saturated rings. The summed E-state index contributed by atoms with van der Waals surface area (Å²) in [5.41, 5.74) is 0. The molecule has 6 nitrogen and oxygen atoms in total. The zero-order chi connectivity index (χ0) is 9.30. The Kier molecular flexibility index (Phi) is 2.63. The molecule has 1 aliphatic heterocycles. The highest BCUT2D eigenvalue weighted by Gasteiger charge is 2.39. The molecule has 0 aliphatic carbocycles. The average molecular weight is 177 g/mol. The van der Waals surface area contributed by atoms with Gasteiger partial charge in [-0.05, 0) is 0 Å². The van der Waals surface area contributed by atoms with Crippen molar-refractivity contribution in [3.63, 3.8) is 0 Å². The molecule has 5 N–H and O–H groups in total. The number of aliphatic carboxylic acids is 1. The molecule has 1 heterocycles. The number of rotatable bonds is 1. The van der Waals surface area contributed by atoms with Crippen LogP contribution in [0.4, 0.5) is 0 Å². The van der Waals surface area contributed by atoms with Gasteiger partial charge in [0, 0.05) is 6.54 Å². The third kappa shape index (κ3) is 1.56. The smallest absolute Gasteiger partial charge is 0.310 e. The molecule has 6 heteroatoms. The van der Waals surface area contributed by atoms with E-state index in [1.54, 1.807) is 0 Å². The van der Waals surface area contributed by atoms with Crippen LogP contribution in [0.2, 0.25) is 0 Å². The minimum absolute atomic E-state index is 0.0469. The largest absolute Gasteiger partial charge is 0.481 e. The minimum atomic E-state index is -1.44. The molecular weight excluding hydrogens is 166 g/mol. The second-order valence-electron chi connectivity index (χ2n) is 2.78. The van der Waals surface area contributed by atoms with Crippen molar-refractivity contribution in [2.24, 2.45) is 5.92 Å². The van der Waals surface area contributed by atoms with Gasteiger partial charge in [0.1, 0.15) is 12.3 Å². The summed E-state index contributed by atoms with van der Waals surface area (Å²) < 4.78 is 0. The Morgan fingerprint density at radius 2 is 1.83 bits per heavy atom. The molecule has 0 radical (unpaired) electrons. The first kappa shape index (κ1) is 9.40. The SMILES string of the molecule is O=C(O)[C@H]1CN[C@H](O)[C@@H](O)[C@H]1O. The molecular formula is C6H11NO5. The Morgan fingerprint density at radius 3 is 2.33 bits per heavy atom. The predicted octanol–water partition coefficient (Wildman–Crippen LogP) is -2.67. The maximum absolute atomic E-state index is 10.4. The van der Waals surface area contributed by atoms with Crippen LogP contribution < -0.4 is 5.32 Å². The highest BCUT2D eigenvalue weighted by molar-refractivity contribution is 5.71. The molecule has 0 spiro atoms. The summed E-state index contributed by atoms with van der Waals surface area (Å²) in [5.74, 6) is -2.26. The Balaban J connectivity index is 2.65. The van der Waals surface area contributed by atoms with Gasteiger partial charge in [-0.2, -0.15) is 0 Å². The zero-order valence-corrected chi connectivity index (χ0v) is 6.21. The van der Waals surface area contributed by atoms with Crippen molar-refractivity contribution in [3.05, 3.63) is 0 Å². The summed E-state index contributed by atoms with van der Waals surface area (Å²) in [7, 11) is 0. The number of hydrogen-bond donors (Lipinski definition) is 5. The molecule has 1 aliphatic rings. The van der Waals surface area contributed by atoms with Gasteiger partial charge in [-0.25, -0.2) is 0 Å². The molecule has 4 atom stereocenters. The van der Waals surface area contributed by atoms with Gasteiger partial charge in [0.15, 0.2) is 0 Å². The summed E-state index contributed by atoms with van der Waals surface area (Å²) in [4.78, 5) is 10.4. The van der Waals surface area contributed by atoms with Crippen LogP contribution >= 0.6 is 0 Å². The number of aliphatic hydroxyl groups excluding tert-OH is 3. The lowest BCUT2D eigenvalue weighted by molar-refractivity contribution is -0.161. The lowest BCUT2D eigenvalue weighted by Crippen LogP contribution is -2.58. The first-order valence-electron chi connectivity index (χ1n) is 3.54. The van der Waals surface area contributed by atoms with Crippen LogP contribution in [0.1, 0.15) is 0 Å². The van der Waals surface area contributed by atoms with Gasteiger partial charge in [-0.3, -0.25) is 10.1 Å². The Morgan fingerprint density at radius 1 is 1.25 bits per heavy atom. The molecule has 0 amide bonds. The summed E-state index contributed by atoms with van der Waals surface area (Å²) in [5, 5.41) is 38.0. The Hall–Kier alpha value is -0.690. The second-order valence-corrected chi connectivity index (χ2v) is 2.78. The third-order valence-electron chi connectivity index (χ3n) is 1.95. The fraction of sp³-hybridized carbons (Fsp3) is 0.833. The van der Waals surface area contributed by atoms with Gasteiger partial charge in [0.25, 0.3) is 0 Å². The maximum Gasteiger partial charge on any atom is 0.310 e. The lowest BCUT2D eigenvalue weighted by Gasteiger charge is -2.33. The lowest BCUT2D eigenvalue weighted by atomic mass is 9.93. The van der Waals surface area contributed by atoms with Crippen LogP contribution in [0, 0.1) is 5.92 Å². The number of nitrogens with one attached hydrogen (secondary N) is 1. The van der Waals surface area contributed by atoms with Crippen molar-refractivity contribution >= 4 is 5.97 Å². The molecule has 0 aromatic heterocycles. The van der Waals surface area contributed by atoms with Crippen LogP contribution in [0.5, 0.6) is 0 Å². The van der Waals surface area contributed by atoms with Crippen molar-refractivity contribution in [3.8, 4) is 0 Å². The second kappa shape index (κ2) is 3.36. The van der Waals surface area contributed by atoms with Gasteiger partial charge in [-0.1, -0.05) is 0 Å². The number of hydrogen-bond acceptors (Lipinski definition) is 5. The van der Waals surface area contributed by atoms with E-state index in [2.05, 4.69) is 5.32 Å². The molecule has 0 aromatic rings. The topological polar surface area (TPSA) is 110 Å². The van der Waals surface area contributed by atoms with Crippen LogP contribution in [0.25, 0.3) is 0 Å². The molecule has 0 saturated carbocycles. The molecule has 1 saturated heterocycles. The Labute approximate surface area is 68.4 Å². The van der Waals surface area contributed by atoms with Crippen molar-refractivity contribution in [2.75, 3.05) is 6.54 Å².